The molecule has 0 radical (unpaired) electrons. The van der Waals surface area contributed by atoms with Gasteiger partial charge in [-0.3, -0.25) is 10.1 Å². The second kappa shape index (κ2) is 3.55. The van der Waals surface area contributed by atoms with Crippen LogP contribution in [0.3, 0.4) is 0 Å². The number of aromatic nitrogens is 2. The molecular weight excluding hydrogens is 223 g/mol. The molecule has 0 saturated heterocycles. The Morgan fingerprint density at radius 3 is 2.40 bits per heavy atom. The highest BCUT2D eigenvalue weighted by molar-refractivity contribution is 5.99. The fourth-order valence-corrected chi connectivity index (χ4v) is 0.589. The van der Waals surface area contributed by atoms with Gasteiger partial charge in [-0.1, -0.05) is 0 Å². The molecule has 10 heteroatoms. The number of carbonyl (C=O) groups excluding carboxylic acids is 1. The number of alkyl halides is 3. The minimum absolute atomic E-state index is 0.898. The topological polar surface area (TPSA) is 105 Å². The van der Waals surface area contributed by atoms with Gasteiger partial charge in [0.25, 0.3) is 0 Å². The standard InChI is InChI=1S/C5H2F3N3O4/c6-5(7,8)4(14)9-2-1(3(12)13)10-15-11-2/h(H,12,13)(H,9,11,14). The quantitative estimate of drug-likeness (QED) is 0.748. The zero-order chi connectivity index (χ0) is 11.6. The second-order valence-electron chi connectivity index (χ2n) is 2.22. The Bertz CT molecular complexity index is 398. The molecular formula is C5H2F3N3O4. The van der Waals surface area contributed by atoms with Gasteiger partial charge in [0.2, 0.25) is 11.5 Å². The maximum Gasteiger partial charge on any atom is 0.471 e. The van der Waals surface area contributed by atoms with Crippen molar-refractivity contribution in [2.75, 3.05) is 5.32 Å². The fourth-order valence-electron chi connectivity index (χ4n) is 0.589. The Labute approximate surface area is 78.8 Å². The highest BCUT2D eigenvalue weighted by Crippen LogP contribution is 2.18. The van der Waals surface area contributed by atoms with Crippen LogP contribution in [0.25, 0.3) is 0 Å². The predicted molar refractivity (Wildman–Crippen MR) is 35.9 cm³/mol. The lowest BCUT2D eigenvalue weighted by Gasteiger charge is -2.04. The molecule has 0 bridgehead atoms. The summed E-state index contributed by atoms with van der Waals surface area (Å²) < 4.78 is 39.1. The van der Waals surface area contributed by atoms with E-state index in [0.717, 1.165) is 0 Å². The Hall–Kier alpha value is -2.13. The van der Waals surface area contributed by atoms with Crippen LogP contribution in [0.2, 0.25) is 0 Å². The minimum atomic E-state index is -5.14. The summed E-state index contributed by atoms with van der Waals surface area (Å²) in [6.07, 6.45) is -5.14. The van der Waals surface area contributed by atoms with Crippen molar-refractivity contribution in [3.8, 4) is 0 Å². The van der Waals surface area contributed by atoms with E-state index in [4.69, 9.17) is 5.11 Å². The van der Waals surface area contributed by atoms with Gasteiger partial charge in [-0.05, 0) is 10.3 Å². The van der Waals surface area contributed by atoms with Gasteiger partial charge in [-0.2, -0.15) is 13.2 Å². The van der Waals surface area contributed by atoms with Crippen LogP contribution in [0, 0.1) is 0 Å². The van der Waals surface area contributed by atoms with E-state index in [2.05, 4.69) is 14.9 Å². The van der Waals surface area contributed by atoms with Gasteiger partial charge in [-0.25, -0.2) is 9.42 Å². The van der Waals surface area contributed by atoms with Gasteiger partial charge in [-0.15, -0.1) is 0 Å². The first-order chi connectivity index (χ1) is 6.82. The van der Waals surface area contributed by atoms with Crippen molar-refractivity contribution in [3.05, 3.63) is 5.69 Å². The third-order valence-electron chi connectivity index (χ3n) is 1.18. The molecule has 1 amide bonds. The molecule has 1 heterocycles. The molecule has 15 heavy (non-hydrogen) atoms. The van der Waals surface area contributed by atoms with E-state index in [9.17, 15) is 22.8 Å². The highest BCUT2D eigenvalue weighted by atomic mass is 19.4. The Balaban J connectivity index is 2.86. The van der Waals surface area contributed by atoms with Crippen molar-refractivity contribution in [3.63, 3.8) is 0 Å². The zero-order valence-electron chi connectivity index (χ0n) is 6.70. The average molecular weight is 225 g/mol. The summed E-state index contributed by atoms with van der Waals surface area (Å²) in [6.45, 7) is 0. The number of amides is 1. The van der Waals surface area contributed by atoms with E-state index in [0.29, 0.717) is 0 Å². The minimum Gasteiger partial charge on any atom is -0.476 e. The van der Waals surface area contributed by atoms with Crippen LogP contribution in [0.1, 0.15) is 10.5 Å². The summed E-state index contributed by atoms with van der Waals surface area (Å²) in [6, 6.07) is 0. The maximum atomic E-state index is 11.7. The number of rotatable bonds is 2. The first-order valence-corrected chi connectivity index (χ1v) is 3.26. The van der Waals surface area contributed by atoms with Crippen molar-refractivity contribution in [2.24, 2.45) is 0 Å². The molecule has 7 nitrogen and oxygen atoms in total. The summed E-state index contributed by atoms with van der Waals surface area (Å²) in [5.41, 5.74) is -0.910. The molecule has 1 aromatic rings. The van der Waals surface area contributed by atoms with E-state index in [1.165, 1.54) is 5.32 Å². The van der Waals surface area contributed by atoms with Crippen molar-refractivity contribution in [1.29, 1.82) is 0 Å². The van der Waals surface area contributed by atoms with Crippen molar-refractivity contribution in [1.82, 2.24) is 10.3 Å². The van der Waals surface area contributed by atoms with E-state index in [1.54, 1.807) is 0 Å². The van der Waals surface area contributed by atoms with Crippen LogP contribution >= 0.6 is 0 Å². The summed E-state index contributed by atoms with van der Waals surface area (Å²) in [5.74, 6) is -4.93. The number of halogens is 3. The van der Waals surface area contributed by atoms with Gasteiger partial charge in [0.05, 0.1) is 0 Å². The van der Waals surface area contributed by atoms with E-state index >= 15 is 0 Å². The molecule has 0 spiro atoms. The van der Waals surface area contributed by atoms with Crippen molar-refractivity contribution >= 4 is 17.7 Å². The van der Waals surface area contributed by atoms with Crippen LogP contribution in [0.4, 0.5) is 19.0 Å². The Morgan fingerprint density at radius 1 is 1.33 bits per heavy atom. The van der Waals surface area contributed by atoms with Crippen molar-refractivity contribution < 1.29 is 32.5 Å². The zero-order valence-corrected chi connectivity index (χ0v) is 6.70. The van der Waals surface area contributed by atoms with Gasteiger partial charge < -0.3 is 5.11 Å². The lowest BCUT2D eigenvalue weighted by atomic mass is 10.4. The van der Waals surface area contributed by atoms with Crippen LogP contribution in [-0.2, 0) is 4.79 Å². The predicted octanol–water partition coefficient (Wildman–Crippen LogP) is 0.269. The van der Waals surface area contributed by atoms with E-state index in [1.807, 2.05) is 0 Å². The highest BCUT2D eigenvalue weighted by Gasteiger charge is 2.40. The molecule has 0 saturated carbocycles. The lowest BCUT2D eigenvalue weighted by molar-refractivity contribution is -0.167. The average Bonchev–Trinajstić information content (AvgIpc) is 2.50. The van der Waals surface area contributed by atoms with Crippen LogP contribution in [0.5, 0.6) is 0 Å². The Morgan fingerprint density at radius 2 is 1.93 bits per heavy atom. The van der Waals surface area contributed by atoms with Crippen molar-refractivity contribution in [2.45, 2.75) is 6.18 Å². The van der Waals surface area contributed by atoms with Gasteiger partial charge in [0, 0.05) is 0 Å². The largest absolute Gasteiger partial charge is 0.476 e. The maximum absolute atomic E-state index is 11.7. The molecule has 0 aliphatic rings. The molecule has 0 atom stereocenters. The molecule has 0 unspecified atom stereocenters. The monoisotopic (exact) mass is 225 g/mol. The number of carbonyl (C=O) groups is 2. The van der Waals surface area contributed by atoms with E-state index in [-0.39, 0.29) is 0 Å². The number of aromatic carboxylic acids is 1. The van der Waals surface area contributed by atoms with Crippen LogP contribution in [-0.4, -0.2) is 33.5 Å². The molecule has 1 rings (SSSR count). The number of nitrogens with one attached hydrogen (secondary N) is 1. The number of carboxylic acids is 1. The number of carboxylic acid groups (broad SMARTS) is 1. The third-order valence-corrected chi connectivity index (χ3v) is 1.18. The van der Waals surface area contributed by atoms with Crippen LogP contribution in [0.15, 0.2) is 4.63 Å². The molecule has 82 valence electrons. The number of hydrogen-bond acceptors (Lipinski definition) is 5. The third kappa shape index (κ3) is 2.42. The van der Waals surface area contributed by atoms with E-state index < -0.39 is 29.6 Å². The van der Waals surface area contributed by atoms with Gasteiger partial charge in [0.15, 0.2) is 0 Å². The number of nitrogens with zero attached hydrogens (tertiary/aromatic N) is 2. The SMILES string of the molecule is O=C(O)c1nonc1NC(=O)C(F)(F)F. The van der Waals surface area contributed by atoms with Crippen LogP contribution < -0.4 is 5.32 Å². The molecule has 2 N–H and O–H groups in total. The normalized spacial score (nSPS) is 11.1. The molecule has 0 aliphatic carbocycles. The first kappa shape index (κ1) is 10.9. The summed E-state index contributed by atoms with van der Waals surface area (Å²) >= 11 is 0. The number of hydrogen-bond donors (Lipinski definition) is 2. The fraction of sp³-hybridized carbons (Fsp3) is 0.200. The lowest BCUT2D eigenvalue weighted by Crippen LogP contribution is -2.30. The van der Waals surface area contributed by atoms with Gasteiger partial charge >= 0.3 is 18.1 Å². The van der Waals surface area contributed by atoms with Gasteiger partial charge in [0.1, 0.15) is 0 Å². The summed E-state index contributed by atoms with van der Waals surface area (Å²) in [5, 5.41) is 15.1. The smallest absolute Gasteiger partial charge is 0.471 e. The molecule has 0 fully saturated rings. The summed E-state index contributed by atoms with van der Waals surface area (Å²) in [4.78, 5) is 20.7. The first-order valence-electron chi connectivity index (χ1n) is 3.26. The summed E-state index contributed by atoms with van der Waals surface area (Å²) in [7, 11) is 0. The Kier molecular flexibility index (Phi) is 2.59. The molecule has 1 aromatic heterocycles. The number of anilines is 1. The molecule has 0 aliphatic heterocycles. The second-order valence-corrected chi connectivity index (χ2v) is 2.22. The molecule has 0 aromatic carbocycles.